The van der Waals surface area contributed by atoms with E-state index in [-0.39, 0.29) is 11.5 Å². The Morgan fingerprint density at radius 3 is 2.39 bits per heavy atom. The fourth-order valence-electron chi connectivity index (χ4n) is 2.54. The first-order valence-electron chi connectivity index (χ1n) is 7.29. The van der Waals surface area contributed by atoms with Crippen molar-refractivity contribution in [3.63, 3.8) is 0 Å². The largest absolute Gasteiger partial charge is 0.478 e. The van der Waals surface area contributed by atoms with Gasteiger partial charge in [-0.15, -0.1) is 0 Å². The normalized spacial score (nSPS) is 14.8. The van der Waals surface area contributed by atoms with E-state index >= 15 is 0 Å². The lowest BCUT2D eigenvalue weighted by Gasteiger charge is -2.35. The molecule has 1 aliphatic heterocycles. The first-order chi connectivity index (χ1) is 11.0. The number of amides is 1. The molecule has 0 saturated carbocycles. The molecular formula is C15H17N5O3. The molecule has 1 N–H and O–H groups in total. The number of carbonyl (C=O) groups excluding carboxylic acids is 1. The van der Waals surface area contributed by atoms with Gasteiger partial charge >= 0.3 is 5.97 Å². The monoisotopic (exact) mass is 315 g/mol. The number of rotatable bonds is 3. The Balaban J connectivity index is 1.70. The number of piperazine rings is 1. The second-order valence-corrected chi connectivity index (χ2v) is 5.35. The van der Waals surface area contributed by atoms with Crippen LogP contribution in [0.2, 0.25) is 0 Å². The number of pyridine rings is 1. The average Bonchev–Trinajstić information content (AvgIpc) is 3.05. The summed E-state index contributed by atoms with van der Waals surface area (Å²) in [5.41, 5.74) is 1.10. The second-order valence-electron chi connectivity index (χ2n) is 5.35. The van der Waals surface area contributed by atoms with Crippen molar-refractivity contribution in [2.24, 2.45) is 0 Å². The van der Waals surface area contributed by atoms with Crippen LogP contribution in [0.4, 0.5) is 5.69 Å². The summed E-state index contributed by atoms with van der Waals surface area (Å²) in [4.78, 5) is 30.5. The first-order valence-corrected chi connectivity index (χ1v) is 7.29. The third-order valence-corrected chi connectivity index (χ3v) is 3.89. The van der Waals surface area contributed by atoms with Crippen LogP contribution in [0, 0.1) is 0 Å². The quantitative estimate of drug-likeness (QED) is 0.893. The molecule has 23 heavy (non-hydrogen) atoms. The highest BCUT2D eigenvalue weighted by molar-refractivity contribution is 5.86. The van der Waals surface area contributed by atoms with Crippen LogP contribution in [0.15, 0.2) is 30.7 Å². The fraction of sp³-hybridized carbons (Fsp3) is 0.333. The number of aromatic nitrogens is 3. The predicted octanol–water partition coefficient (Wildman–Crippen LogP) is 0.634. The molecule has 0 spiro atoms. The molecule has 0 unspecified atom stereocenters. The Hall–Kier alpha value is -2.90. The van der Waals surface area contributed by atoms with Crippen molar-refractivity contribution >= 4 is 17.6 Å². The van der Waals surface area contributed by atoms with Crippen LogP contribution in [0.3, 0.4) is 0 Å². The molecule has 2 aromatic rings. The van der Waals surface area contributed by atoms with E-state index in [1.165, 1.54) is 17.1 Å². The molecule has 8 nitrogen and oxygen atoms in total. The van der Waals surface area contributed by atoms with Crippen LogP contribution in [0.25, 0.3) is 5.82 Å². The first kappa shape index (κ1) is 15.0. The number of carbonyl (C=O) groups is 2. The zero-order valence-electron chi connectivity index (χ0n) is 12.7. The number of carboxylic acids is 1. The van der Waals surface area contributed by atoms with E-state index in [0.717, 1.165) is 18.8 Å². The zero-order chi connectivity index (χ0) is 16.4. The third-order valence-electron chi connectivity index (χ3n) is 3.89. The smallest absolute Gasteiger partial charge is 0.338 e. The summed E-state index contributed by atoms with van der Waals surface area (Å²) in [5, 5.41) is 12.9. The van der Waals surface area contributed by atoms with Crippen molar-refractivity contribution in [2.45, 2.75) is 6.92 Å². The average molecular weight is 315 g/mol. The van der Waals surface area contributed by atoms with E-state index in [4.69, 9.17) is 5.11 Å². The van der Waals surface area contributed by atoms with Gasteiger partial charge in [-0.2, -0.15) is 5.10 Å². The van der Waals surface area contributed by atoms with Crippen LogP contribution in [-0.4, -0.2) is 62.8 Å². The molecule has 0 atom stereocenters. The van der Waals surface area contributed by atoms with Crippen molar-refractivity contribution in [3.8, 4) is 5.82 Å². The molecule has 1 aliphatic rings. The van der Waals surface area contributed by atoms with Crippen molar-refractivity contribution in [1.82, 2.24) is 19.7 Å². The summed E-state index contributed by atoms with van der Waals surface area (Å²) < 4.78 is 1.43. The molecule has 2 aromatic heterocycles. The Labute approximate surface area is 133 Å². The van der Waals surface area contributed by atoms with Crippen LogP contribution >= 0.6 is 0 Å². The van der Waals surface area contributed by atoms with Gasteiger partial charge in [0.2, 0.25) is 5.91 Å². The molecular weight excluding hydrogens is 298 g/mol. The molecule has 0 radical (unpaired) electrons. The Bertz CT molecular complexity index is 717. The number of hydrogen-bond acceptors (Lipinski definition) is 5. The Kier molecular flexibility index (Phi) is 3.96. The number of anilines is 1. The van der Waals surface area contributed by atoms with E-state index < -0.39 is 5.97 Å². The van der Waals surface area contributed by atoms with Crippen LogP contribution < -0.4 is 4.90 Å². The van der Waals surface area contributed by atoms with E-state index in [9.17, 15) is 9.59 Å². The molecule has 0 aromatic carbocycles. The van der Waals surface area contributed by atoms with Gasteiger partial charge in [0, 0.05) is 39.3 Å². The molecule has 0 bridgehead atoms. The highest BCUT2D eigenvalue weighted by Crippen LogP contribution is 2.17. The predicted molar refractivity (Wildman–Crippen MR) is 82.8 cm³/mol. The van der Waals surface area contributed by atoms with Crippen molar-refractivity contribution in [3.05, 3.63) is 36.3 Å². The Morgan fingerprint density at radius 2 is 1.87 bits per heavy atom. The molecule has 1 fully saturated rings. The van der Waals surface area contributed by atoms with Crippen molar-refractivity contribution in [2.75, 3.05) is 31.1 Å². The van der Waals surface area contributed by atoms with Gasteiger partial charge in [-0.25, -0.2) is 14.5 Å². The summed E-state index contributed by atoms with van der Waals surface area (Å²) in [6.45, 7) is 4.54. The summed E-state index contributed by atoms with van der Waals surface area (Å²) >= 11 is 0. The minimum Gasteiger partial charge on any atom is -0.478 e. The van der Waals surface area contributed by atoms with E-state index in [0.29, 0.717) is 18.9 Å². The summed E-state index contributed by atoms with van der Waals surface area (Å²) in [5.74, 6) is -0.356. The van der Waals surface area contributed by atoms with Gasteiger partial charge in [0.05, 0.1) is 23.6 Å². The van der Waals surface area contributed by atoms with Crippen molar-refractivity contribution in [1.29, 1.82) is 0 Å². The number of carboxylic acid groups (broad SMARTS) is 1. The minimum absolute atomic E-state index is 0.103. The highest BCUT2D eigenvalue weighted by Gasteiger charge is 2.19. The molecule has 3 rings (SSSR count). The number of nitrogens with zero attached hydrogens (tertiary/aromatic N) is 5. The van der Waals surface area contributed by atoms with E-state index in [1.54, 1.807) is 19.2 Å². The van der Waals surface area contributed by atoms with Crippen LogP contribution in [-0.2, 0) is 4.79 Å². The molecule has 0 aliphatic carbocycles. The van der Waals surface area contributed by atoms with Gasteiger partial charge in [-0.3, -0.25) is 4.79 Å². The van der Waals surface area contributed by atoms with Gasteiger partial charge in [-0.1, -0.05) is 0 Å². The number of hydrogen-bond donors (Lipinski definition) is 1. The van der Waals surface area contributed by atoms with E-state index in [2.05, 4.69) is 15.0 Å². The summed E-state index contributed by atoms with van der Waals surface area (Å²) in [6.07, 6.45) is 4.45. The van der Waals surface area contributed by atoms with Crippen molar-refractivity contribution < 1.29 is 14.7 Å². The highest BCUT2D eigenvalue weighted by atomic mass is 16.4. The van der Waals surface area contributed by atoms with Gasteiger partial charge in [0.25, 0.3) is 0 Å². The molecule has 120 valence electrons. The second kappa shape index (κ2) is 6.07. The molecule has 1 saturated heterocycles. The topological polar surface area (TPSA) is 91.6 Å². The SMILES string of the molecule is CC(=O)N1CCN(c2ccc(-n3cc(C(=O)O)cn3)nc2)CC1. The third kappa shape index (κ3) is 3.15. The van der Waals surface area contributed by atoms with Gasteiger partial charge in [0.15, 0.2) is 5.82 Å². The lowest BCUT2D eigenvalue weighted by atomic mass is 10.2. The lowest BCUT2D eigenvalue weighted by Crippen LogP contribution is -2.48. The summed E-state index contributed by atoms with van der Waals surface area (Å²) in [7, 11) is 0. The fourth-order valence-corrected chi connectivity index (χ4v) is 2.54. The maximum absolute atomic E-state index is 11.3. The van der Waals surface area contributed by atoms with Gasteiger partial charge < -0.3 is 14.9 Å². The zero-order valence-corrected chi connectivity index (χ0v) is 12.7. The maximum Gasteiger partial charge on any atom is 0.338 e. The molecule has 1 amide bonds. The molecule has 8 heteroatoms. The standard InChI is InChI=1S/C15H17N5O3/c1-11(21)18-4-6-19(7-5-18)13-2-3-14(16-9-13)20-10-12(8-17-20)15(22)23/h2-3,8-10H,4-7H2,1H3,(H,22,23). The van der Waals surface area contributed by atoms with Gasteiger partial charge in [0.1, 0.15) is 0 Å². The lowest BCUT2D eigenvalue weighted by molar-refractivity contribution is -0.129. The minimum atomic E-state index is -1.02. The Morgan fingerprint density at radius 1 is 1.13 bits per heavy atom. The number of aromatic carboxylic acids is 1. The van der Waals surface area contributed by atoms with Gasteiger partial charge in [-0.05, 0) is 12.1 Å². The molecule has 3 heterocycles. The maximum atomic E-state index is 11.3. The van der Waals surface area contributed by atoms with Crippen LogP contribution in [0.5, 0.6) is 0 Å². The van der Waals surface area contributed by atoms with Crippen LogP contribution in [0.1, 0.15) is 17.3 Å². The van der Waals surface area contributed by atoms with E-state index in [1.807, 2.05) is 11.0 Å². The summed E-state index contributed by atoms with van der Waals surface area (Å²) in [6, 6.07) is 3.72.